The lowest BCUT2D eigenvalue weighted by Crippen LogP contribution is -2.46. The summed E-state index contributed by atoms with van der Waals surface area (Å²) in [6.45, 7) is 9.08. The Balaban J connectivity index is 1.41. The molecule has 2 aromatic heterocycles. The summed E-state index contributed by atoms with van der Waals surface area (Å²) < 4.78 is 30.2. The quantitative estimate of drug-likeness (QED) is 0.544. The number of anilines is 1. The Hall–Kier alpha value is -3.09. The molecular weight excluding hydrogens is 432 g/mol. The minimum atomic E-state index is -3.74. The van der Waals surface area contributed by atoms with Crippen LogP contribution in [0.1, 0.15) is 18.3 Å². The minimum Gasteiger partial charge on any atom is -0.471 e. The number of ether oxygens (including phenoxy) is 1. The van der Waals surface area contributed by atoms with Crippen LogP contribution in [0.3, 0.4) is 0 Å². The number of nitrogens with two attached hydrogens (primary N) is 1. The molecule has 0 atom stereocenters. The number of rotatable bonds is 7. The second-order valence-electron chi connectivity index (χ2n) is 7.55. The molecule has 1 aliphatic rings. The molecule has 3 heterocycles. The van der Waals surface area contributed by atoms with Crippen LogP contribution in [0.25, 0.3) is 5.69 Å². The summed E-state index contributed by atoms with van der Waals surface area (Å²) in [7, 11) is -3.74. The molecule has 0 unspecified atom stereocenters. The van der Waals surface area contributed by atoms with Gasteiger partial charge in [0.05, 0.1) is 16.8 Å². The molecule has 0 spiro atoms. The summed E-state index contributed by atoms with van der Waals surface area (Å²) in [5.41, 5.74) is 2.10. The van der Waals surface area contributed by atoms with Gasteiger partial charge in [0.25, 0.3) is 0 Å². The first-order chi connectivity index (χ1) is 15.3. The van der Waals surface area contributed by atoms with Crippen molar-refractivity contribution in [3.8, 4) is 11.6 Å². The van der Waals surface area contributed by atoms with Crippen LogP contribution in [-0.4, -0.2) is 71.0 Å². The number of hydrogen-bond donors (Lipinski definition) is 1. The first kappa shape index (κ1) is 22.1. The molecule has 12 heteroatoms. The maximum absolute atomic E-state index is 11.4. The Morgan fingerprint density at radius 2 is 1.81 bits per heavy atom. The second kappa shape index (κ2) is 9.18. The van der Waals surface area contributed by atoms with Gasteiger partial charge in [0.2, 0.25) is 21.9 Å². The van der Waals surface area contributed by atoms with Crippen LogP contribution in [0.2, 0.25) is 0 Å². The summed E-state index contributed by atoms with van der Waals surface area (Å²) in [5.74, 6) is 1.16. The molecule has 170 valence electrons. The van der Waals surface area contributed by atoms with Crippen molar-refractivity contribution < 1.29 is 13.2 Å². The number of hydrogen-bond acceptors (Lipinski definition) is 9. The fourth-order valence-electron chi connectivity index (χ4n) is 3.43. The molecule has 2 N–H and O–H groups in total. The van der Waals surface area contributed by atoms with Crippen LogP contribution >= 0.6 is 0 Å². The molecular formula is C20H26N8O3S. The van der Waals surface area contributed by atoms with Gasteiger partial charge in [-0.1, -0.05) is 12.1 Å². The number of primary sulfonamides is 1. The molecule has 0 aliphatic carbocycles. The maximum atomic E-state index is 11.4. The Morgan fingerprint density at radius 3 is 2.47 bits per heavy atom. The maximum Gasteiger partial charge on any atom is 0.238 e. The highest BCUT2D eigenvalue weighted by Gasteiger charge is 2.19. The third-order valence-corrected chi connectivity index (χ3v) is 6.19. The van der Waals surface area contributed by atoms with Crippen LogP contribution in [-0.2, 0) is 16.6 Å². The van der Waals surface area contributed by atoms with E-state index in [1.165, 1.54) is 16.8 Å². The zero-order valence-electron chi connectivity index (χ0n) is 18.0. The molecule has 0 saturated carbocycles. The predicted octanol–water partition coefficient (Wildman–Crippen LogP) is 0.734. The zero-order valence-corrected chi connectivity index (χ0v) is 18.9. The van der Waals surface area contributed by atoms with Crippen molar-refractivity contribution in [2.24, 2.45) is 5.14 Å². The lowest BCUT2D eigenvalue weighted by Gasteiger charge is -2.34. The average Bonchev–Trinajstić information content (AvgIpc) is 3.26. The molecule has 3 aromatic rings. The van der Waals surface area contributed by atoms with Crippen molar-refractivity contribution in [3.63, 3.8) is 0 Å². The van der Waals surface area contributed by atoms with Gasteiger partial charge in [-0.15, -0.1) is 5.10 Å². The zero-order chi connectivity index (χ0) is 22.7. The molecule has 0 amide bonds. The van der Waals surface area contributed by atoms with Gasteiger partial charge in [0, 0.05) is 37.9 Å². The molecule has 4 rings (SSSR count). The molecule has 1 aromatic carbocycles. The molecule has 0 bridgehead atoms. The van der Waals surface area contributed by atoms with Crippen molar-refractivity contribution in [1.29, 1.82) is 0 Å². The van der Waals surface area contributed by atoms with Crippen molar-refractivity contribution in [3.05, 3.63) is 47.9 Å². The van der Waals surface area contributed by atoms with Gasteiger partial charge < -0.3 is 14.5 Å². The fourth-order valence-corrected chi connectivity index (χ4v) is 3.95. The summed E-state index contributed by atoms with van der Waals surface area (Å²) >= 11 is 0. The van der Waals surface area contributed by atoms with Crippen LogP contribution < -0.4 is 14.8 Å². The Kier molecular flexibility index (Phi) is 6.35. The lowest BCUT2D eigenvalue weighted by molar-refractivity contribution is 0.267. The van der Waals surface area contributed by atoms with E-state index in [0.29, 0.717) is 23.2 Å². The first-order valence-corrected chi connectivity index (χ1v) is 11.9. The standard InChI is InChI=1S/C20H26N8O3S/c1-3-26-8-10-27(11-9-26)20-22-15(2)12-19(23-20)31-14-16-13-28(25-24-16)17-4-6-18(7-5-17)32(21,29)30/h4-7,12-13H,3,8-11,14H2,1-2H3,(H2,21,29,30). The third kappa shape index (κ3) is 5.21. The summed E-state index contributed by atoms with van der Waals surface area (Å²) in [6, 6.07) is 7.86. The summed E-state index contributed by atoms with van der Waals surface area (Å²) in [6.07, 6.45) is 1.71. The molecule has 1 aliphatic heterocycles. The third-order valence-electron chi connectivity index (χ3n) is 5.26. The number of benzene rings is 1. The van der Waals surface area contributed by atoms with E-state index in [1.807, 2.05) is 6.92 Å². The Labute approximate surface area is 186 Å². The van der Waals surface area contributed by atoms with Crippen molar-refractivity contribution >= 4 is 16.0 Å². The van der Waals surface area contributed by atoms with Gasteiger partial charge in [-0.25, -0.2) is 23.2 Å². The van der Waals surface area contributed by atoms with Gasteiger partial charge >= 0.3 is 0 Å². The molecule has 0 radical (unpaired) electrons. The van der Waals surface area contributed by atoms with Gasteiger partial charge in [-0.05, 0) is 37.7 Å². The van der Waals surface area contributed by atoms with Crippen LogP contribution in [0.15, 0.2) is 41.4 Å². The molecule has 11 nitrogen and oxygen atoms in total. The van der Waals surface area contributed by atoms with Crippen LogP contribution in [0.4, 0.5) is 5.95 Å². The number of nitrogens with zero attached hydrogens (tertiary/aromatic N) is 7. The van der Waals surface area contributed by atoms with E-state index in [2.05, 4.69) is 37.0 Å². The predicted molar refractivity (Wildman–Crippen MR) is 118 cm³/mol. The monoisotopic (exact) mass is 458 g/mol. The average molecular weight is 459 g/mol. The van der Waals surface area contributed by atoms with Crippen molar-refractivity contribution in [1.82, 2.24) is 29.9 Å². The van der Waals surface area contributed by atoms with Crippen LogP contribution in [0, 0.1) is 6.92 Å². The number of aromatic nitrogens is 5. The first-order valence-electron chi connectivity index (χ1n) is 10.3. The topological polar surface area (TPSA) is 132 Å². The highest BCUT2D eigenvalue weighted by molar-refractivity contribution is 7.89. The SMILES string of the molecule is CCN1CCN(c2nc(C)cc(OCc3cn(-c4ccc(S(N)(=O)=O)cc4)nn3)n2)CC1. The van der Waals surface area contributed by atoms with Gasteiger partial charge in [-0.2, -0.15) is 4.98 Å². The fraction of sp³-hybridized carbons (Fsp3) is 0.400. The van der Waals surface area contributed by atoms with Gasteiger partial charge in [0.1, 0.15) is 12.3 Å². The van der Waals surface area contributed by atoms with E-state index >= 15 is 0 Å². The van der Waals surface area contributed by atoms with E-state index in [4.69, 9.17) is 9.88 Å². The van der Waals surface area contributed by atoms with Gasteiger partial charge in [0.15, 0.2) is 0 Å². The van der Waals surface area contributed by atoms with E-state index in [1.54, 1.807) is 24.4 Å². The number of piperazine rings is 1. The normalized spacial score (nSPS) is 15.2. The summed E-state index contributed by atoms with van der Waals surface area (Å²) in [5, 5.41) is 13.3. The smallest absolute Gasteiger partial charge is 0.238 e. The van der Waals surface area contributed by atoms with Crippen molar-refractivity contribution in [2.75, 3.05) is 37.6 Å². The Bertz CT molecular complexity index is 1170. The molecule has 1 saturated heterocycles. The second-order valence-corrected chi connectivity index (χ2v) is 9.11. The number of likely N-dealkylation sites (N-methyl/N-ethyl adjacent to an activating group) is 1. The summed E-state index contributed by atoms with van der Waals surface area (Å²) in [4.78, 5) is 13.7. The number of sulfonamides is 1. The van der Waals surface area contributed by atoms with Gasteiger partial charge in [-0.3, -0.25) is 0 Å². The van der Waals surface area contributed by atoms with Crippen molar-refractivity contribution in [2.45, 2.75) is 25.3 Å². The highest BCUT2D eigenvalue weighted by atomic mass is 32.2. The van der Waals surface area contributed by atoms with E-state index in [9.17, 15) is 8.42 Å². The molecule has 1 fully saturated rings. The van der Waals surface area contributed by atoms with E-state index in [0.717, 1.165) is 38.4 Å². The minimum absolute atomic E-state index is 0.0379. The number of aryl methyl sites for hydroxylation is 1. The van der Waals surface area contributed by atoms with E-state index < -0.39 is 10.0 Å². The lowest BCUT2D eigenvalue weighted by atomic mass is 10.3. The van der Waals surface area contributed by atoms with Crippen LogP contribution in [0.5, 0.6) is 5.88 Å². The molecule has 32 heavy (non-hydrogen) atoms. The van der Waals surface area contributed by atoms with E-state index in [-0.39, 0.29) is 11.5 Å². The highest BCUT2D eigenvalue weighted by Crippen LogP contribution is 2.18. The largest absolute Gasteiger partial charge is 0.471 e. The Morgan fingerprint density at radius 1 is 1.09 bits per heavy atom.